The first-order valence-corrected chi connectivity index (χ1v) is 8.82. The molecule has 0 spiro atoms. The lowest BCUT2D eigenvalue weighted by Crippen LogP contribution is -2.40. The Morgan fingerprint density at radius 1 is 1.33 bits per heavy atom. The van der Waals surface area contributed by atoms with Crippen LogP contribution in [0.15, 0.2) is 23.6 Å². The summed E-state index contributed by atoms with van der Waals surface area (Å²) in [5.41, 5.74) is 0.0824. The lowest BCUT2D eigenvalue weighted by atomic mass is 9.97. The highest BCUT2D eigenvalue weighted by molar-refractivity contribution is 7.13. The molecule has 3 rings (SSSR count). The molecular weight excluding hydrogens is 332 g/mol. The van der Waals surface area contributed by atoms with E-state index in [0.717, 1.165) is 30.7 Å². The summed E-state index contributed by atoms with van der Waals surface area (Å²) in [6.07, 6.45) is 1.90. The van der Waals surface area contributed by atoms with Crippen molar-refractivity contribution < 1.29 is 13.6 Å². The highest BCUT2D eigenvalue weighted by Crippen LogP contribution is 2.29. The van der Waals surface area contributed by atoms with E-state index < -0.39 is 11.6 Å². The molecule has 0 atom stereocenters. The summed E-state index contributed by atoms with van der Waals surface area (Å²) < 4.78 is 27.7. The third-order valence-corrected chi connectivity index (χ3v) is 5.15. The molecule has 2 heterocycles. The van der Waals surface area contributed by atoms with E-state index >= 15 is 0 Å². The van der Waals surface area contributed by atoms with Crippen molar-refractivity contribution in [2.24, 2.45) is 5.92 Å². The van der Waals surface area contributed by atoms with Gasteiger partial charge in [0.15, 0.2) is 0 Å². The van der Waals surface area contributed by atoms with E-state index in [-0.39, 0.29) is 22.2 Å². The number of amides is 1. The topological polar surface area (TPSA) is 45.2 Å². The highest BCUT2D eigenvalue weighted by Gasteiger charge is 2.25. The van der Waals surface area contributed by atoms with E-state index in [9.17, 15) is 13.6 Å². The number of nitrogens with zero attached hydrogens (tertiary/aromatic N) is 2. The monoisotopic (exact) mass is 351 g/mol. The van der Waals surface area contributed by atoms with E-state index in [1.807, 2.05) is 7.05 Å². The van der Waals surface area contributed by atoms with Crippen molar-refractivity contribution in [2.45, 2.75) is 12.8 Å². The second-order valence-corrected chi connectivity index (χ2v) is 6.79. The SMILES string of the molecule is CNCC1CCN(C(=O)c2csc(-c3c(F)cccc3F)n2)CC1. The zero-order valence-electron chi connectivity index (χ0n) is 13.4. The van der Waals surface area contributed by atoms with Crippen molar-refractivity contribution in [3.63, 3.8) is 0 Å². The predicted octanol–water partition coefficient (Wildman–Crippen LogP) is 3.16. The molecule has 1 saturated heterocycles. The van der Waals surface area contributed by atoms with Crippen LogP contribution in [0.4, 0.5) is 8.78 Å². The molecule has 0 radical (unpaired) electrons. The Bertz CT molecular complexity index is 706. The van der Waals surface area contributed by atoms with Crippen molar-refractivity contribution >= 4 is 17.2 Å². The quantitative estimate of drug-likeness (QED) is 0.920. The number of benzene rings is 1. The Hall–Kier alpha value is -1.86. The van der Waals surface area contributed by atoms with Crippen LogP contribution in [0.2, 0.25) is 0 Å². The number of aromatic nitrogens is 1. The average Bonchev–Trinajstić information content (AvgIpc) is 3.05. The Balaban J connectivity index is 1.73. The normalized spacial score (nSPS) is 15.7. The lowest BCUT2D eigenvalue weighted by molar-refractivity contribution is 0.0686. The number of hydrogen-bond acceptors (Lipinski definition) is 4. The number of piperidine rings is 1. The maximum absolute atomic E-state index is 13.8. The van der Waals surface area contributed by atoms with E-state index in [1.54, 1.807) is 10.3 Å². The van der Waals surface area contributed by atoms with Crippen LogP contribution in [-0.4, -0.2) is 42.5 Å². The van der Waals surface area contributed by atoms with Gasteiger partial charge in [0.05, 0.1) is 5.56 Å². The first-order valence-electron chi connectivity index (χ1n) is 7.94. The van der Waals surface area contributed by atoms with Gasteiger partial charge in [-0.15, -0.1) is 11.3 Å². The minimum Gasteiger partial charge on any atom is -0.337 e. The van der Waals surface area contributed by atoms with Crippen LogP contribution in [0.5, 0.6) is 0 Å². The molecule has 1 N–H and O–H groups in total. The summed E-state index contributed by atoms with van der Waals surface area (Å²) in [5.74, 6) is -0.929. The molecule has 1 amide bonds. The first kappa shape index (κ1) is 17.0. The highest BCUT2D eigenvalue weighted by atomic mass is 32.1. The van der Waals surface area contributed by atoms with Gasteiger partial charge in [-0.3, -0.25) is 4.79 Å². The fourth-order valence-corrected chi connectivity index (χ4v) is 3.82. The molecular formula is C17H19F2N3OS. The molecule has 1 fully saturated rings. The number of likely N-dealkylation sites (tertiary alicyclic amines) is 1. The van der Waals surface area contributed by atoms with Crippen LogP contribution in [0.1, 0.15) is 23.3 Å². The van der Waals surface area contributed by atoms with Crippen LogP contribution in [0.25, 0.3) is 10.6 Å². The molecule has 4 nitrogen and oxygen atoms in total. The van der Waals surface area contributed by atoms with Crippen LogP contribution in [0.3, 0.4) is 0 Å². The van der Waals surface area contributed by atoms with E-state index in [2.05, 4.69) is 10.3 Å². The second-order valence-electron chi connectivity index (χ2n) is 5.93. The largest absolute Gasteiger partial charge is 0.337 e. The second kappa shape index (κ2) is 7.36. The van der Waals surface area contributed by atoms with Gasteiger partial charge in [0.2, 0.25) is 0 Å². The average molecular weight is 351 g/mol. The third kappa shape index (κ3) is 3.47. The molecule has 7 heteroatoms. The molecule has 1 aliphatic rings. The Morgan fingerprint density at radius 2 is 2.00 bits per heavy atom. The fraction of sp³-hybridized carbons (Fsp3) is 0.412. The van der Waals surface area contributed by atoms with E-state index in [4.69, 9.17) is 0 Å². The zero-order chi connectivity index (χ0) is 17.1. The third-order valence-electron chi connectivity index (χ3n) is 4.29. The van der Waals surface area contributed by atoms with Crippen molar-refractivity contribution in [2.75, 3.05) is 26.7 Å². The Kier molecular flexibility index (Phi) is 5.20. The summed E-state index contributed by atoms with van der Waals surface area (Å²) in [7, 11) is 1.93. The van der Waals surface area contributed by atoms with Crippen LogP contribution >= 0.6 is 11.3 Å². The molecule has 0 bridgehead atoms. The number of hydrogen-bond donors (Lipinski definition) is 1. The molecule has 2 aromatic rings. The molecule has 128 valence electrons. The zero-order valence-corrected chi connectivity index (χ0v) is 14.2. The van der Waals surface area contributed by atoms with Gasteiger partial charge in [-0.05, 0) is 44.5 Å². The smallest absolute Gasteiger partial charge is 0.273 e. The Morgan fingerprint density at radius 3 is 2.62 bits per heavy atom. The number of halogens is 2. The van der Waals surface area contributed by atoms with Crippen LogP contribution < -0.4 is 5.32 Å². The lowest BCUT2D eigenvalue weighted by Gasteiger charge is -2.31. The molecule has 1 aliphatic heterocycles. The maximum atomic E-state index is 13.8. The summed E-state index contributed by atoms with van der Waals surface area (Å²) in [4.78, 5) is 18.5. The van der Waals surface area contributed by atoms with Gasteiger partial charge in [-0.2, -0.15) is 0 Å². The van der Waals surface area contributed by atoms with Crippen molar-refractivity contribution in [1.82, 2.24) is 15.2 Å². The van der Waals surface area contributed by atoms with Crippen LogP contribution in [-0.2, 0) is 0 Å². The maximum Gasteiger partial charge on any atom is 0.273 e. The van der Waals surface area contributed by atoms with Crippen molar-refractivity contribution in [3.8, 4) is 10.6 Å². The predicted molar refractivity (Wildman–Crippen MR) is 90.0 cm³/mol. The van der Waals surface area contributed by atoms with Gasteiger partial charge in [0.25, 0.3) is 5.91 Å². The number of carbonyl (C=O) groups excluding carboxylic acids is 1. The van der Waals surface area contributed by atoms with Gasteiger partial charge >= 0.3 is 0 Å². The molecule has 1 aromatic heterocycles. The fourth-order valence-electron chi connectivity index (χ4n) is 2.98. The van der Waals surface area contributed by atoms with Crippen molar-refractivity contribution in [3.05, 3.63) is 40.9 Å². The molecule has 0 aliphatic carbocycles. The number of carbonyl (C=O) groups is 1. The number of rotatable bonds is 4. The van der Waals surface area contributed by atoms with Gasteiger partial charge in [0, 0.05) is 18.5 Å². The van der Waals surface area contributed by atoms with E-state index in [1.165, 1.54) is 18.2 Å². The molecule has 1 aromatic carbocycles. The van der Waals surface area contributed by atoms with Gasteiger partial charge in [0.1, 0.15) is 22.3 Å². The van der Waals surface area contributed by atoms with Gasteiger partial charge < -0.3 is 10.2 Å². The van der Waals surface area contributed by atoms with E-state index in [0.29, 0.717) is 19.0 Å². The van der Waals surface area contributed by atoms with Crippen molar-refractivity contribution in [1.29, 1.82) is 0 Å². The minimum atomic E-state index is -0.670. The summed E-state index contributed by atoms with van der Waals surface area (Å²) in [6.45, 7) is 2.33. The van der Waals surface area contributed by atoms with Gasteiger partial charge in [-0.25, -0.2) is 13.8 Å². The molecule has 0 saturated carbocycles. The standard InChI is InChI=1S/C17H19F2N3OS/c1-20-9-11-5-7-22(8-6-11)17(23)14-10-24-16(21-14)15-12(18)3-2-4-13(15)19/h2-4,10-11,20H,5-9H2,1H3. The minimum absolute atomic E-state index is 0.169. The van der Waals surface area contributed by atoms with Gasteiger partial charge in [-0.1, -0.05) is 6.07 Å². The summed E-state index contributed by atoms with van der Waals surface area (Å²) in [6, 6.07) is 3.69. The molecule has 24 heavy (non-hydrogen) atoms. The Labute approximate surface area is 143 Å². The number of thiazole rings is 1. The van der Waals surface area contributed by atoms with Crippen LogP contribution in [0, 0.1) is 17.6 Å². The first-order chi connectivity index (χ1) is 11.6. The molecule has 0 unspecified atom stereocenters. The summed E-state index contributed by atoms with van der Waals surface area (Å²) in [5, 5.41) is 4.93. The number of nitrogens with one attached hydrogen (secondary N) is 1. The summed E-state index contributed by atoms with van der Waals surface area (Å²) >= 11 is 1.08.